The molecule has 0 amide bonds. The first kappa shape index (κ1) is 45.5. The summed E-state index contributed by atoms with van der Waals surface area (Å²) in [5.74, 6) is -0.889. The number of hydrogen-bond donors (Lipinski definition) is 2. The van der Waals surface area contributed by atoms with Gasteiger partial charge in [-0.15, -0.1) is 0 Å². The highest BCUT2D eigenvalue weighted by atomic mass is 31.2. The van der Waals surface area contributed by atoms with Crippen molar-refractivity contribution in [2.24, 2.45) is 0 Å². The minimum absolute atomic E-state index is 0.214. The number of ether oxygens (including phenoxy) is 2. The third kappa shape index (κ3) is 37.2. The summed E-state index contributed by atoms with van der Waals surface area (Å²) in [5, 5.41) is 0. The van der Waals surface area contributed by atoms with Gasteiger partial charge in [-0.3, -0.25) is 14.1 Å². The SMILES string of the molecule is CCCCC/C=C\C/C=C\CCCCCCCCCC(=O)OC[C@H](COP(=O)(O)O)OC(=O)CCCCCCCCCCCCCC. The second-order valence-corrected chi connectivity index (χ2v) is 14.1. The number of phosphoric acid groups is 1. The fourth-order valence-corrected chi connectivity index (χ4v) is 5.70. The van der Waals surface area contributed by atoms with Gasteiger partial charge < -0.3 is 19.3 Å². The van der Waals surface area contributed by atoms with E-state index in [9.17, 15) is 14.2 Å². The van der Waals surface area contributed by atoms with Crippen LogP contribution in [0.1, 0.15) is 187 Å². The molecular formula is C38H71O8P. The van der Waals surface area contributed by atoms with E-state index in [2.05, 4.69) is 42.7 Å². The number of hydrogen-bond acceptors (Lipinski definition) is 6. The molecule has 0 aliphatic rings. The van der Waals surface area contributed by atoms with Crippen LogP contribution in [0.25, 0.3) is 0 Å². The van der Waals surface area contributed by atoms with Crippen LogP contribution in [0.15, 0.2) is 24.3 Å². The highest BCUT2D eigenvalue weighted by molar-refractivity contribution is 7.46. The van der Waals surface area contributed by atoms with Gasteiger partial charge in [0.05, 0.1) is 6.61 Å². The topological polar surface area (TPSA) is 119 Å². The first-order valence-corrected chi connectivity index (χ1v) is 20.7. The summed E-state index contributed by atoms with van der Waals surface area (Å²) in [5.41, 5.74) is 0. The molecular weight excluding hydrogens is 615 g/mol. The lowest BCUT2D eigenvalue weighted by Crippen LogP contribution is -2.29. The summed E-state index contributed by atoms with van der Waals surface area (Å²) in [6, 6.07) is 0. The molecule has 276 valence electrons. The molecule has 0 fully saturated rings. The van der Waals surface area contributed by atoms with Gasteiger partial charge >= 0.3 is 19.8 Å². The number of phosphoric ester groups is 1. The summed E-state index contributed by atoms with van der Waals surface area (Å²) in [6.07, 6.45) is 37.5. The van der Waals surface area contributed by atoms with Gasteiger partial charge in [0, 0.05) is 12.8 Å². The van der Waals surface area contributed by atoms with Crippen molar-refractivity contribution >= 4 is 19.8 Å². The van der Waals surface area contributed by atoms with E-state index in [1.807, 2.05) is 0 Å². The van der Waals surface area contributed by atoms with Crippen molar-refractivity contribution in [1.82, 2.24) is 0 Å². The first-order valence-electron chi connectivity index (χ1n) is 19.1. The Hall–Kier alpha value is -1.47. The van der Waals surface area contributed by atoms with E-state index >= 15 is 0 Å². The lowest BCUT2D eigenvalue weighted by molar-refractivity contribution is -0.161. The third-order valence-corrected chi connectivity index (χ3v) is 8.71. The zero-order valence-corrected chi connectivity index (χ0v) is 31.1. The first-order chi connectivity index (χ1) is 22.8. The van der Waals surface area contributed by atoms with Crippen LogP contribution in [0.2, 0.25) is 0 Å². The molecule has 0 aromatic heterocycles. The quantitative estimate of drug-likeness (QED) is 0.0292. The van der Waals surface area contributed by atoms with Crippen molar-refractivity contribution < 1.29 is 37.9 Å². The summed E-state index contributed by atoms with van der Waals surface area (Å²) in [7, 11) is -4.75. The Morgan fingerprint density at radius 1 is 0.553 bits per heavy atom. The number of allylic oxidation sites excluding steroid dienone is 4. The molecule has 0 aromatic carbocycles. The summed E-state index contributed by atoms with van der Waals surface area (Å²) >= 11 is 0. The van der Waals surface area contributed by atoms with Crippen LogP contribution >= 0.6 is 7.82 Å². The van der Waals surface area contributed by atoms with Gasteiger partial charge in [-0.05, 0) is 44.9 Å². The number of carbonyl (C=O) groups is 2. The lowest BCUT2D eigenvalue weighted by atomic mass is 10.0. The van der Waals surface area contributed by atoms with E-state index < -0.39 is 32.5 Å². The lowest BCUT2D eigenvalue weighted by Gasteiger charge is -2.18. The van der Waals surface area contributed by atoms with Crippen molar-refractivity contribution in [3.05, 3.63) is 24.3 Å². The van der Waals surface area contributed by atoms with Crippen molar-refractivity contribution in [2.75, 3.05) is 13.2 Å². The molecule has 0 radical (unpaired) electrons. The number of unbranched alkanes of at least 4 members (excludes halogenated alkanes) is 21. The van der Waals surface area contributed by atoms with E-state index in [-0.39, 0.29) is 19.4 Å². The Morgan fingerprint density at radius 2 is 0.957 bits per heavy atom. The van der Waals surface area contributed by atoms with E-state index in [4.69, 9.17) is 19.3 Å². The van der Waals surface area contributed by atoms with Gasteiger partial charge in [0.2, 0.25) is 0 Å². The second kappa shape index (κ2) is 34.4. The number of rotatable bonds is 35. The molecule has 0 aliphatic heterocycles. The number of esters is 2. The van der Waals surface area contributed by atoms with Crippen LogP contribution in [0.5, 0.6) is 0 Å². The predicted molar refractivity (Wildman–Crippen MR) is 193 cm³/mol. The largest absolute Gasteiger partial charge is 0.469 e. The molecule has 1 atom stereocenters. The smallest absolute Gasteiger partial charge is 0.462 e. The van der Waals surface area contributed by atoms with Gasteiger partial charge in [-0.1, -0.05) is 154 Å². The molecule has 0 saturated carbocycles. The van der Waals surface area contributed by atoms with Crippen molar-refractivity contribution in [1.29, 1.82) is 0 Å². The van der Waals surface area contributed by atoms with Crippen molar-refractivity contribution in [3.63, 3.8) is 0 Å². The Bertz CT molecular complexity index is 823. The predicted octanol–water partition coefficient (Wildman–Crippen LogP) is 11.2. The number of carbonyl (C=O) groups excluding carboxylic acids is 2. The maximum atomic E-state index is 12.3. The van der Waals surface area contributed by atoms with Crippen LogP contribution in [0.4, 0.5) is 0 Å². The molecule has 0 saturated heterocycles. The molecule has 0 aromatic rings. The van der Waals surface area contributed by atoms with Gasteiger partial charge in [0.25, 0.3) is 0 Å². The fraction of sp³-hybridized carbons (Fsp3) is 0.842. The van der Waals surface area contributed by atoms with Gasteiger partial charge in [-0.25, -0.2) is 4.57 Å². The maximum absolute atomic E-state index is 12.3. The zero-order valence-electron chi connectivity index (χ0n) is 30.2. The Morgan fingerprint density at radius 3 is 1.45 bits per heavy atom. The average molecular weight is 687 g/mol. The molecule has 2 N–H and O–H groups in total. The summed E-state index contributed by atoms with van der Waals surface area (Å²) in [6.45, 7) is 3.64. The standard InChI is InChI=1S/C38H71O8P/c1-3-5-7-9-11-13-15-17-18-19-20-21-23-24-26-28-30-32-37(39)44-34-36(35-45-47(41,42)43)46-38(40)33-31-29-27-25-22-16-14-12-10-8-6-4-2/h11,13,17-18,36H,3-10,12,14-16,19-35H2,1-2H3,(H2,41,42,43)/b13-11-,18-17-/t36-/m1/s1. The van der Waals surface area contributed by atoms with Crippen LogP contribution in [0.3, 0.4) is 0 Å². The molecule has 0 unspecified atom stereocenters. The zero-order chi connectivity index (χ0) is 34.7. The van der Waals surface area contributed by atoms with E-state index in [0.717, 1.165) is 57.8 Å². The van der Waals surface area contributed by atoms with Crippen LogP contribution in [0, 0.1) is 0 Å². The normalized spacial score (nSPS) is 12.7. The third-order valence-electron chi connectivity index (χ3n) is 8.22. The Balaban J connectivity index is 3.94. The molecule has 0 bridgehead atoms. The average Bonchev–Trinajstić information content (AvgIpc) is 3.04. The van der Waals surface area contributed by atoms with E-state index in [0.29, 0.717) is 6.42 Å². The molecule has 47 heavy (non-hydrogen) atoms. The van der Waals surface area contributed by atoms with Crippen molar-refractivity contribution in [2.45, 2.75) is 193 Å². The minimum Gasteiger partial charge on any atom is -0.462 e. The van der Waals surface area contributed by atoms with Gasteiger partial charge in [-0.2, -0.15) is 0 Å². The van der Waals surface area contributed by atoms with Gasteiger partial charge in [0.15, 0.2) is 6.10 Å². The highest BCUT2D eigenvalue weighted by Gasteiger charge is 2.22. The molecule has 0 aliphatic carbocycles. The Kier molecular flexibility index (Phi) is 33.3. The molecule has 9 heteroatoms. The van der Waals surface area contributed by atoms with E-state index in [1.54, 1.807) is 0 Å². The van der Waals surface area contributed by atoms with E-state index in [1.165, 1.54) is 96.3 Å². The van der Waals surface area contributed by atoms with Crippen molar-refractivity contribution in [3.8, 4) is 0 Å². The second-order valence-electron chi connectivity index (χ2n) is 12.9. The van der Waals surface area contributed by atoms with Gasteiger partial charge in [0.1, 0.15) is 6.61 Å². The van der Waals surface area contributed by atoms with Crippen LogP contribution in [-0.2, 0) is 28.2 Å². The fourth-order valence-electron chi connectivity index (χ4n) is 5.34. The summed E-state index contributed by atoms with van der Waals surface area (Å²) in [4.78, 5) is 42.7. The molecule has 0 rings (SSSR count). The summed E-state index contributed by atoms with van der Waals surface area (Å²) < 4.78 is 26.3. The molecule has 0 spiro atoms. The molecule has 0 heterocycles. The highest BCUT2D eigenvalue weighted by Crippen LogP contribution is 2.36. The Labute approximate surface area is 288 Å². The molecule has 8 nitrogen and oxygen atoms in total. The monoisotopic (exact) mass is 686 g/mol. The van der Waals surface area contributed by atoms with Crippen LogP contribution in [-0.4, -0.2) is 41.0 Å². The minimum atomic E-state index is -4.75. The maximum Gasteiger partial charge on any atom is 0.469 e. The van der Waals surface area contributed by atoms with Crippen LogP contribution < -0.4 is 0 Å².